The van der Waals surface area contributed by atoms with Gasteiger partial charge in [-0.1, -0.05) is 93.9 Å². The molecule has 2 radical (unpaired) electrons. The lowest BCUT2D eigenvalue weighted by molar-refractivity contribution is -0.862. The first-order valence-electron chi connectivity index (χ1n) is 21.1. The average Bonchev–Trinajstić information content (AvgIpc) is 3.08. The Hall–Kier alpha value is -3.42. The highest BCUT2D eigenvalue weighted by Gasteiger charge is 2.32. The normalized spacial score (nSPS) is 19.3. The number of unbranched alkanes of at least 4 members (excludes halogenated alkanes) is 4. The number of phenols is 3. The van der Waals surface area contributed by atoms with Crippen molar-refractivity contribution in [1.29, 1.82) is 0 Å². The number of rotatable bonds is 15. The Balaban J connectivity index is 0.000000539. The van der Waals surface area contributed by atoms with Gasteiger partial charge in [-0.15, -0.1) is 0 Å². The van der Waals surface area contributed by atoms with Crippen molar-refractivity contribution < 1.29 is 43.1 Å². The lowest BCUT2D eigenvalue weighted by Crippen LogP contribution is -3.00. The Morgan fingerprint density at radius 2 is 1.18 bits per heavy atom. The summed E-state index contributed by atoms with van der Waals surface area (Å²) in [7, 11) is 10.4. The molecule has 0 bridgehead atoms. The molecule has 0 amide bonds. The van der Waals surface area contributed by atoms with E-state index in [1.165, 1.54) is 24.0 Å². The molecule has 2 aliphatic carbocycles. The zero-order valence-corrected chi connectivity index (χ0v) is 36.9. The highest BCUT2D eigenvalue weighted by molar-refractivity contribution is 6.05. The lowest BCUT2D eigenvalue weighted by Gasteiger charge is -2.32. The quantitative estimate of drug-likeness (QED) is 0.0420. The molecule has 56 heavy (non-hydrogen) atoms. The molecule has 0 aliphatic heterocycles. The van der Waals surface area contributed by atoms with Crippen LogP contribution >= 0.6 is 0 Å². The first-order chi connectivity index (χ1) is 26.4. The minimum atomic E-state index is -0.280. The van der Waals surface area contributed by atoms with Crippen molar-refractivity contribution in [2.24, 2.45) is 11.8 Å². The van der Waals surface area contributed by atoms with Crippen molar-refractivity contribution in [2.45, 2.75) is 137 Å². The van der Waals surface area contributed by atoms with Crippen LogP contribution in [0.25, 0.3) is 0 Å². The summed E-state index contributed by atoms with van der Waals surface area (Å²) in [5, 5.41) is 32.2. The number of ether oxygens (including phenoxy) is 1. The van der Waals surface area contributed by atoms with Crippen molar-refractivity contribution in [1.82, 2.24) is 0 Å². The Labute approximate surface area is 349 Å². The second kappa shape index (κ2) is 24.4. The molecule has 2 aromatic rings. The van der Waals surface area contributed by atoms with E-state index in [1.807, 2.05) is 59.3 Å². The summed E-state index contributed by atoms with van der Waals surface area (Å²) in [5.41, 5.74) is 8.24. The van der Waals surface area contributed by atoms with E-state index in [9.17, 15) is 20.1 Å². The molecule has 2 aromatic carbocycles. The van der Waals surface area contributed by atoms with Gasteiger partial charge >= 0.3 is 5.97 Å². The number of carbonyl (C=O) groups is 1. The molecular weight excluding hydrogens is 717 g/mol. The zero-order chi connectivity index (χ0) is 42.2. The summed E-state index contributed by atoms with van der Waals surface area (Å²) in [6.45, 7) is 21.3. The molecule has 0 unspecified atom stereocenters. The minimum absolute atomic E-state index is 0. The predicted molar refractivity (Wildman–Crippen MR) is 233 cm³/mol. The van der Waals surface area contributed by atoms with Gasteiger partial charge in [-0.2, -0.15) is 0 Å². The van der Waals surface area contributed by atoms with Crippen molar-refractivity contribution >= 4 is 13.8 Å². The number of hydrogen-bond donors (Lipinski definition) is 3. The maximum Gasteiger partial charge on any atom is 0.367 e. The Bertz CT molecular complexity index is 1660. The molecular formula is C48H73BClNO5. The van der Waals surface area contributed by atoms with Crippen LogP contribution in [0, 0.1) is 11.8 Å². The Kier molecular flexibility index (Phi) is 21.2. The topological polar surface area (TPSA) is 87.0 Å². The number of allylic oxidation sites excluding steroid dienone is 6. The molecule has 3 N–H and O–H groups in total. The van der Waals surface area contributed by atoms with Crippen LogP contribution in [0.2, 0.25) is 6.80 Å². The largest absolute Gasteiger partial charge is 1.00 e. The third kappa shape index (κ3) is 15.5. The number of likely N-dealkylation sites (N-methyl/N-ethyl adjacent to an activating group) is 1. The lowest BCUT2D eigenvalue weighted by atomic mass is 9.73. The molecule has 0 spiro atoms. The number of aromatic hydroxyl groups is 3. The van der Waals surface area contributed by atoms with Crippen molar-refractivity contribution in [3.8, 4) is 23.0 Å². The highest BCUT2D eigenvalue weighted by atomic mass is 35.5. The molecule has 0 aromatic heterocycles. The standard InChI is InChI=1S/C26H39NO3.C21H30O2.CH3B.ClH/c1-8-9-10-11-20-15-23(28)26(22-14-19(4)12-13-21(22)18(2)3)24(16-20)30-25(29)17-27(5,6)7;1-5-6-7-8-16-12-19(22)21(20(23)13-16)18-11-15(4)9-10-17(18)14(2)3;1-2;/h14-16,21-22H,2,8-13,17H2,1,3-7H3;11-13,17-18,22-23H,2,5-10H2,1,3-4H3;1H3;1H/t21-,22+;17-,18+;;/m00../s1/i;;1D;. The maximum absolute atomic E-state index is 12.7. The summed E-state index contributed by atoms with van der Waals surface area (Å²) in [4.78, 5) is 12.7. The molecule has 310 valence electrons. The molecule has 4 atom stereocenters. The van der Waals surface area contributed by atoms with E-state index in [0.29, 0.717) is 15.8 Å². The summed E-state index contributed by atoms with van der Waals surface area (Å²) in [5.74, 6) is 1.37. The fourth-order valence-corrected chi connectivity index (χ4v) is 7.91. The summed E-state index contributed by atoms with van der Waals surface area (Å²) in [6.07, 6.45) is 17.0. The van der Waals surface area contributed by atoms with E-state index >= 15 is 0 Å². The van der Waals surface area contributed by atoms with Gasteiger partial charge in [0.2, 0.25) is 0 Å². The van der Waals surface area contributed by atoms with Gasteiger partial charge in [0.05, 0.1) is 29.0 Å². The molecule has 0 saturated heterocycles. The number of aryl methyl sites for hydroxylation is 2. The van der Waals surface area contributed by atoms with Gasteiger partial charge in [0.1, 0.15) is 23.0 Å². The van der Waals surface area contributed by atoms with Gasteiger partial charge in [-0.3, -0.25) is 0 Å². The van der Waals surface area contributed by atoms with E-state index < -0.39 is 0 Å². The number of hydrogen-bond acceptors (Lipinski definition) is 5. The summed E-state index contributed by atoms with van der Waals surface area (Å²) in [6, 6.07) is 7.48. The predicted octanol–water partition coefficient (Wildman–Crippen LogP) is 8.81. The molecule has 4 rings (SSSR count). The fraction of sp³-hybridized carbons (Fsp3) is 0.562. The van der Waals surface area contributed by atoms with Gasteiger partial charge in [0.15, 0.2) is 6.54 Å². The molecule has 0 saturated carbocycles. The van der Waals surface area contributed by atoms with E-state index in [2.05, 4.69) is 60.9 Å². The SMILES string of the molecule is C=C(C)[C@@H]1CCC(C)=C[C@H]1c1c(O)cc(CCCCC)cc1O.C=C(C)[C@@H]1CCC(C)=C[C@H]1c1c(O)cc(CCCCC)cc1OC(=O)C[N+](C)(C)C.[2H]C[B].[Cl-]. The molecule has 2 aliphatic rings. The first-order valence-corrected chi connectivity index (χ1v) is 20.4. The van der Waals surface area contributed by atoms with Crippen LogP contribution in [-0.4, -0.2) is 61.3 Å². The Morgan fingerprint density at radius 3 is 1.57 bits per heavy atom. The second-order valence-corrected chi connectivity index (χ2v) is 17.0. The highest BCUT2D eigenvalue weighted by Crippen LogP contribution is 2.48. The van der Waals surface area contributed by atoms with Crippen LogP contribution in [0.1, 0.15) is 141 Å². The van der Waals surface area contributed by atoms with Crippen molar-refractivity contribution in [3.05, 3.63) is 94.1 Å². The van der Waals surface area contributed by atoms with Crippen molar-refractivity contribution in [2.75, 3.05) is 27.7 Å². The fourth-order valence-electron chi connectivity index (χ4n) is 7.91. The van der Waals surface area contributed by atoms with Gasteiger partial charge in [-0.25, -0.2) is 4.79 Å². The number of carbonyl (C=O) groups excluding carboxylic acids is 1. The van der Waals surface area contributed by atoms with E-state index in [1.54, 1.807) is 0 Å². The van der Waals surface area contributed by atoms with Gasteiger partial charge < -0.3 is 36.9 Å². The third-order valence-electron chi connectivity index (χ3n) is 10.8. The molecule has 8 heteroatoms. The van der Waals surface area contributed by atoms with Gasteiger partial charge in [-0.05, 0) is 126 Å². The van der Waals surface area contributed by atoms with Crippen LogP contribution in [0.15, 0.2) is 71.9 Å². The van der Waals surface area contributed by atoms with E-state index in [4.69, 9.17) is 6.11 Å². The molecule has 6 nitrogen and oxygen atoms in total. The van der Waals surface area contributed by atoms with E-state index in [-0.39, 0.29) is 72.6 Å². The smallest absolute Gasteiger partial charge is 0.367 e. The third-order valence-corrected chi connectivity index (χ3v) is 10.8. The van der Waals surface area contributed by atoms with Crippen LogP contribution in [0.4, 0.5) is 0 Å². The number of nitrogens with zero attached hydrogens (tertiary/aromatic N) is 1. The molecule has 0 fully saturated rings. The first kappa shape index (κ1) is 48.7. The number of phenolic OH excluding ortho intramolecular Hbond substituents is 3. The van der Waals surface area contributed by atoms with Gasteiger partial charge in [0, 0.05) is 24.3 Å². The Morgan fingerprint density at radius 1 is 0.786 bits per heavy atom. The summed E-state index contributed by atoms with van der Waals surface area (Å²) < 4.78 is 12.4. The molecule has 0 heterocycles. The second-order valence-electron chi connectivity index (χ2n) is 17.0. The zero-order valence-electron chi connectivity index (χ0n) is 37.1. The van der Waals surface area contributed by atoms with Gasteiger partial charge in [0.25, 0.3) is 0 Å². The maximum atomic E-state index is 12.7. The van der Waals surface area contributed by atoms with Crippen LogP contribution in [0.5, 0.6) is 23.0 Å². The number of esters is 1. The van der Waals surface area contributed by atoms with Crippen molar-refractivity contribution in [3.63, 3.8) is 0 Å². The van der Waals surface area contributed by atoms with Crippen LogP contribution in [0.3, 0.4) is 0 Å². The number of quaternary nitrogens is 1. The van der Waals surface area contributed by atoms with Crippen LogP contribution < -0.4 is 17.1 Å². The number of halogens is 1. The number of benzene rings is 2. The van der Waals surface area contributed by atoms with E-state index in [0.717, 1.165) is 92.0 Å². The average molecular weight is 791 g/mol. The van der Waals surface area contributed by atoms with Crippen LogP contribution in [-0.2, 0) is 17.6 Å². The minimum Gasteiger partial charge on any atom is -1.00 e. The summed E-state index contributed by atoms with van der Waals surface area (Å²) >= 11 is 0. The monoisotopic (exact) mass is 791 g/mol.